The molecule has 0 unspecified atom stereocenters. The lowest BCUT2D eigenvalue weighted by molar-refractivity contribution is -0.124. The largest absolute Gasteiger partial charge is 0.482 e. The van der Waals surface area contributed by atoms with Crippen molar-refractivity contribution in [1.82, 2.24) is 10.2 Å². The van der Waals surface area contributed by atoms with Crippen molar-refractivity contribution in [1.29, 1.82) is 0 Å². The molecule has 3 aromatic rings. The monoisotopic (exact) mass is 454 g/mol. The molecule has 0 spiro atoms. The molecule has 1 amide bonds. The Morgan fingerprint density at radius 2 is 1.88 bits per heavy atom. The van der Waals surface area contributed by atoms with Crippen molar-refractivity contribution in [2.75, 3.05) is 19.7 Å². The van der Waals surface area contributed by atoms with Gasteiger partial charge in [0.05, 0.1) is 5.02 Å². The van der Waals surface area contributed by atoms with Gasteiger partial charge in [-0.15, -0.1) is 0 Å². The standard InChI is InChI=1S/C25H27ClN2O4/c1-16-17(2)25(30)32-22-13-23(21(26)12-20(16)22)31-15-24(29)27-19-8-10-28(11-9-19)14-18-6-4-3-5-7-18/h3-7,12-13,19H,8-11,14-15H2,1-2H3,(H,27,29). The van der Waals surface area contributed by atoms with Crippen molar-refractivity contribution in [3.8, 4) is 5.75 Å². The Kier molecular flexibility index (Phi) is 6.82. The minimum absolute atomic E-state index is 0.133. The molecule has 0 aliphatic carbocycles. The molecule has 0 atom stereocenters. The van der Waals surface area contributed by atoms with Crippen molar-refractivity contribution in [3.05, 3.63) is 74.6 Å². The summed E-state index contributed by atoms with van der Waals surface area (Å²) in [4.78, 5) is 26.8. The normalized spacial score (nSPS) is 15.1. The number of rotatable bonds is 6. The number of halogens is 1. The second kappa shape index (κ2) is 9.76. The van der Waals surface area contributed by atoms with Gasteiger partial charge < -0.3 is 14.5 Å². The van der Waals surface area contributed by atoms with Crippen LogP contribution in [0, 0.1) is 13.8 Å². The number of hydrogen-bond donors (Lipinski definition) is 1. The molecule has 32 heavy (non-hydrogen) atoms. The number of nitrogens with zero attached hydrogens (tertiary/aromatic N) is 1. The lowest BCUT2D eigenvalue weighted by atomic mass is 10.0. The summed E-state index contributed by atoms with van der Waals surface area (Å²) in [6, 6.07) is 13.8. The van der Waals surface area contributed by atoms with Crippen LogP contribution in [0.2, 0.25) is 5.02 Å². The van der Waals surface area contributed by atoms with Gasteiger partial charge in [0, 0.05) is 42.7 Å². The van der Waals surface area contributed by atoms with Crippen molar-refractivity contribution in [2.24, 2.45) is 0 Å². The first-order valence-corrected chi connectivity index (χ1v) is 11.2. The zero-order chi connectivity index (χ0) is 22.7. The summed E-state index contributed by atoms with van der Waals surface area (Å²) in [6.45, 7) is 6.23. The number of likely N-dealkylation sites (tertiary alicyclic amines) is 1. The van der Waals surface area contributed by atoms with Crippen molar-refractivity contribution in [3.63, 3.8) is 0 Å². The molecule has 6 nitrogen and oxygen atoms in total. The number of nitrogens with one attached hydrogen (secondary N) is 1. The second-order valence-corrected chi connectivity index (χ2v) is 8.72. The van der Waals surface area contributed by atoms with Crippen LogP contribution in [0.1, 0.15) is 29.5 Å². The third kappa shape index (κ3) is 5.14. The van der Waals surface area contributed by atoms with Crippen molar-refractivity contribution < 1.29 is 13.9 Å². The van der Waals surface area contributed by atoms with E-state index in [-0.39, 0.29) is 24.2 Å². The van der Waals surface area contributed by atoms with Gasteiger partial charge in [-0.25, -0.2) is 4.79 Å². The molecule has 1 N–H and O–H groups in total. The van der Waals surface area contributed by atoms with Crippen LogP contribution < -0.4 is 15.7 Å². The summed E-state index contributed by atoms with van der Waals surface area (Å²) < 4.78 is 11.0. The van der Waals surface area contributed by atoms with Gasteiger partial charge in [-0.2, -0.15) is 0 Å². The molecule has 1 aromatic heterocycles. The van der Waals surface area contributed by atoms with Crippen molar-refractivity contribution >= 4 is 28.5 Å². The first-order valence-electron chi connectivity index (χ1n) is 10.8. The van der Waals surface area contributed by atoms with Crippen LogP contribution in [0.4, 0.5) is 0 Å². The van der Waals surface area contributed by atoms with E-state index >= 15 is 0 Å². The third-order valence-corrected chi connectivity index (χ3v) is 6.37. The SMILES string of the molecule is Cc1c(C)c2cc(Cl)c(OCC(=O)NC3CCN(Cc4ccccc4)CC3)cc2oc1=O. The Hall–Kier alpha value is -2.83. The molecule has 2 heterocycles. The summed E-state index contributed by atoms with van der Waals surface area (Å²) in [5, 5.41) is 4.18. The molecule has 4 rings (SSSR count). The van der Waals surface area contributed by atoms with Gasteiger partial charge in [0.1, 0.15) is 11.3 Å². The van der Waals surface area contributed by atoms with Gasteiger partial charge in [0.2, 0.25) is 0 Å². The molecule has 1 fully saturated rings. The number of hydrogen-bond acceptors (Lipinski definition) is 5. The van der Waals surface area contributed by atoms with Gasteiger partial charge >= 0.3 is 5.63 Å². The van der Waals surface area contributed by atoms with Crippen LogP contribution in [0.15, 0.2) is 51.7 Å². The lowest BCUT2D eigenvalue weighted by Crippen LogP contribution is -2.45. The maximum Gasteiger partial charge on any atom is 0.339 e. The molecule has 168 valence electrons. The van der Waals surface area contributed by atoms with Gasteiger partial charge in [0.25, 0.3) is 5.91 Å². The average Bonchev–Trinajstić information content (AvgIpc) is 2.79. The predicted octanol–water partition coefficient (Wildman–Crippen LogP) is 4.22. The molecule has 0 bridgehead atoms. The predicted molar refractivity (Wildman–Crippen MR) is 125 cm³/mol. The van der Waals surface area contributed by atoms with E-state index in [4.69, 9.17) is 20.8 Å². The van der Waals surface area contributed by atoms with Crippen molar-refractivity contribution in [2.45, 2.75) is 39.3 Å². The zero-order valence-electron chi connectivity index (χ0n) is 18.3. The summed E-state index contributed by atoms with van der Waals surface area (Å²) >= 11 is 6.34. The first kappa shape index (κ1) is 22.4. The highest BCUT2D eigenvalue weighted by molar-refractivity contribution is 6.32. The van der Waals surface area contributed by atoms with Crippen LogP contribution in [0.3, 0.4) is 0 Å². The fourth-order valence-corrected chi connectivity index (χ4v) is 4.26. The third-order valence-electron chi connectivity index (χ3n) is 6.07. The molecule has 0 radical (unpaired) electrons. The van der Waals surface area contributed by atoms with E-state index in [1.807, 2.05) is 13.0 Å². The average molecular weight is 455 g/mol. The Bertz CT molecular complexity index is 1170. The van der Waals surface area contributed by atoms with E-state index in [2.05, 4.69) is 34.5 Å². The number of benzene rings is 2. The molecular formula is C25H27ClN2O4. The van der Waals surface area contributed by atoms with E-state index in [9.17, 15) is 9.59 Å². The maximum absolute atomic E-state index is 12.4. The van der Waals surface area contributed by atoms with Crippen LogP contribution in [0.25, 0.3) is 11.0 Å². The number of carbonyl (C=O) groups excluding carboxylic acids is 1. The molecule has 1 aliphatic rings. The van der Waals surface area contributed by atoms with Gasteiger partial charge in [-0.05, 0) is 43.9 Å². The summed E-state index contributed by atoms with van der Waals surface area (Å²) in [6.07, 6.45) is 1.80. The highest BCUT2D eigenvalue weighted by Gasteiger charge is 2.21. The smallest absolute Gasteiger partial charge is 0.339 e. The zero-order valence-corrected chi connectivity index (χ0v) is 19.1. The Morgan fingerprint density at radius 1 is 1.16 bits per heavy atom. The number of aryl methyl sites for hydroxylation is 1. The molecule has 2 aromatic carbocycles. The number of fused-ring (bicyclic) bond motifs is 1. The molecule has 1 saturated heterocycles. The van der Waals surface area contributed by atoms with Crippen LogP contribution >= 0.6 is 11.6 Å². The van der Waals surface area contributed by atoms with E-state index in [1.54, 1.807) is 19.1 Å². The summed E-state index contributed by atoms with van der Waals surface area (Å²) in [5.41, 5.74) is 2.68. The van der Waals surface area contributed by atoms with Crippen LogP contribution in [-0.2, 0) is 11.3 Å². The quantitative estimate of drug-likeness (QED) is 0.564. The number of amides is 1. The molecule has 0 saturated carbocycles. The number of ether oxygens (including phenoxy) is 1. The van der Waals surface area contributed by atoms with Gasteiger partial charge in [0.15, 0.2) is 6.61 Å². The minimum Gasteiger partial charge on any atom is -0.482 e. The Morgan fingerprint density at radius 3 is 2.59 bits per heavy atom. The maximum atomic E-state index is 12.4. The van der Waals surface area contributed by atoms with E-state index in [0.29, 0.717) is 21.9 Å². The van der Waals surface area contributed by atoms with Crippen LogP contribution in [-0.4, -0.2) is 36.5 Å². The highest BCUT2D eigenvalue weighted by atomic mass is 35.5. The Labute approximate surface area is 192 Å². The van der Waals surface area contributed by atoms with E-state index in [0.717, 1.165) is 43.4 Å². The highest BCUT2D eigenvalue weighted by Crippen LogP contribution is 2.31. The number of piperidine rings is 1. The Balaban J connectivity index is 1.30. The summed E-state index contributed by atoms with van der Waals surface area (Å²) in [7, 11) is 0. The molecule has 1 aliphatic heterocycles. The minimum atomic E-state index is -0.389. The lowest BCUT2D eigenvalue weighted by Gasteiger charge is -2.32. The van der Waals surface area contributed by atoms with Gasteiger partial charge in [-0.3, -0.25) is 9.69 Å². The second-order valence-electron chi connectivity index (χ2n) is 8.31. The van der Waals surface area contributed by atoms with Gasteiger partial charge in [-0.1, -0.05) is 41.9 Å². The fraction of sp³-hybridized carbons (Fsp3) is 0.360. The fourth-order valence-electron chi connectivity index (χ4n) is 4.04. The first-order chi connectivity index (χ1) is 15.4. The van der Waals surface area contributed by atoms with Crippen LogP contribution in [0.5, 0.6) is 5.75 Å². The molecular weight excluding hydrogens is 428 g/mol. The number of carbonyl (C=O) groups is 1. The summed E-state index contributed by atoms with van der Waals surface area (Å²) in [5.74, 6) is 0.127. The molecule has 7 heteroatoms. The topological polar surface area (TPSA) is 71.8 Å². The van der Waals surface area contributed by atoms with E-state index < -0.39 is 0 Å². The van der Waals surface area contributed by atoms with E-state index in [1.165, 1.54) is 5.56 Å².